The molecule has 0 aromatic heterocycles. The van der Waals surface area contributed by atoms with Crippen molar-refractivity contribution < 1.29 is 19.7 Å². The molecule has 0 amide bonds. The van der Waals surface area contributed by atoms with Crippen molar-refractivity contribution in [2.75, 3.05) is 0 Å². The molecule has 0 atom stereocenters. The van der Waals surface area contributed by atoms with E-state index in [1.165, 1.54) is 0 Å². The van der Waals surface area contributed by atoms with Gasteiger partial charge in [-0.2, -0.15) is 5.26 Å². The zero-order chi connectivity index (χ0) is 10.7. The van der Waals surface area contributed by atoms with Gasteiger partial charge in [-0.15, -0.1) is 0 Å². The molecule has 0 unspecified atom stereocenters. The first-order chi connectivity index (χ1) is 5.66. The molecular formula is C9H18O4. The highest BCUT2D eigenvalue weighted by Gasteiger charge is 2.29. The molecule has 4 heteroatoms. The topological polar surface area (TPSA) is 55.8 Å². The minimum Gasteiger partial charge on any atom is -0.426 e. The zero-order valence-corrected chi connectivity index (χ0v) is 8.88. The van der Waals surface area contributed by atoms with Crippen LogP contribution in [-0.4, -0.2) is 17.0 Å². The summed E-state index contributed by atoms with van der Waals surface area (Å²) in [4.78, 5) is 14.1. The van der Waals surface area contributed by atoms with Gasteiger partial charge >= 0.3 is 6.16 Å². The van der Waals surface area contributed by atoms with E-state index in [0.717, 1.165) is 0 Å². The Hall–Kier alpha value is -0.770. The summed E-state index contributed by atoms with van der Waals surface area (Å²) < 4.78 is 4.85. The SMILES string of the molecule is CC(C)(C)CC(C)(C)OC(=O)OO. The van der Waals surface area contributed by atoms with E-state index in [-0.39, 0.29) is 5.41 Å². The average molecular weight is 190 g/mol. The first-order valence-corrected chi connectivity index (χ1v) is 4.21. The maximum absolute atomic E-state index is 10.6. The molecule has 78 valence electrons. The summed E-state index contributed by atoms with van der Waals surface area (Å²) in [6, 6.07) is 0. The van der Waals surface area contributed by atoms with Gasteiger partial charge in [-0.25, -0.2) is 4.79 Å². The van der Waals surface area contributed by atoms with Crippen molar-refractivity contribution >= 4 is 6.16 Å². The Balaban J connectivity index is 4.16. The van der Waals surface area contributed by atoms with Gasteiger partial charge in [0.05, 0.1) is 0 Å². The Morgan fingerprint density at radius 2 is 1.69 bits per heavy atom. The highest BCUT2D eigenvalue weighted by atomic mass is 17.1. The lowest BCUT2D eigenvalue weighted by atomic mass is 9.84. The van der Waals surface area contributed by atoms with Gasteiger partial charge in [0.15, 0.2) is 0 Å². The van der Waals surface area contributed by atoms with Crippen LogP contribution in [0.3, 0.4) is 0 Å². The summed E-state index contributed by atoms with van der Waals surface area (Å²) in [7, 11) is 0. The van der Waals surface area contributed by atoms with E-state index in [0.29, 0.717) is 6.42 Å². The molecule has 0 aromatic carbocycles. The van der Waals surface area contributed by atoms with Gasteiger partial charge in [-0.05, 0) is 25.7 Å². The molecule has 0 fully saturated rings. The van der Waals surface area contributed by atoms with E-state index >= 15 is 0 Å². The standard InChI is InChI=1S/C9H18O4/c1-8(2,3)6-9(4,5)12-7(10)13-11/h11H,6H2,1-5H3. The molecule has 0 spiro atoms. The Labute approximate surface area is 78.8 Å². The summed E-state index contributed by atoms with van der Waals surface area (Å²) >= 11 is 0. The average Bonchev–Trinajstić information content (AvgIpc) is 1.80. The number of carbonyl (C=O) groups is 1. The molecule has 4 nitrogen and oxygen atoms in total. The molecule has 0 aliphatic heterocycles. The highest BCUT2D eigenvalue weighted by molar-refractivity contribution is 5.59. The molecule has 0 heterocycles. The molecule has 0 rings (SSSR count). The van der Waals surface area contributed by atoms with Gasteiger partial charge in [0, 0.05) is 0 Å². The van der Waals surface area contributed by atoms with Crippen LogP contribution in [0.1, 0.15) is 41.0 Å². The Morgan fingerprint density at radius 1 is 1.23 bits per heavy atom. The van der Waals surface area contributed by atoms with Gasteiger partial charge in [0.1, 0.15) is 5.60 Å². The third kappa shape index (κ3) is 6.40. The molecule has 0 saturated heterocycles. The summed E-state index contributed by atoms with van der Waals surface area (Å²) in [5, 5.41) is 8.02. The molecular weight excluding hydrogens is 172 g/mol. The van der Waals surface area contributed by atoms with Crippen LogP contribution in [0, 0.1) is 5.41 Å². The van der Waals surface area contributed by atoms with Gasteiger partial charge in [0.2, 0.25) is 0 Å². The van der Waals surface area contributed by atoms with Gasteiger partial charge in [-0.3, -0.25) is 4.89 Å². The molecule has 0 aliphatic carbocycles. The summed E-state index contributed by atoms with van der Waals surface area (Å²) in [5.74, 6) is 0. The first-order valence-electron chi connectivity index (χ1n) is 4.21. The fourth-order valence-electron chi connectivity index (χ4n) is 1.56. The molecule has 0 saturated carbocycles. The Bertz CT molecular complexity index is 179. The van der Waals surface area contributed by atoms with Crippen LogP contribution in [0.15, 0.2) is 0 Å². The van der Waals surface area contributed by atoms with Crippen molar-refractivity contribution in [3.8, 4) is 0 Å². The van der Waals surface area contributed by atoms with Crippen LogP contribution in [0.5, 0.6) is 0 Å². The third-order valence-electron chi connectivity index (χ3n) is 1.39. The van der Waals surface area contributed by atoms with Crippen molar-refractivity contribution in [1.29, 1.82) is 0 Å². The van der Waals surface area contributed by atoms with Gasteiger partial charge in [0.25, 0.3) is 0 Å². The number of hydrogen-bond acceptors (Lipinski definition) is 4. The molecule has 13 heavy (non-hydrogen) atoms. The lowest BCUT2D eigenvalue weighted by molar-refractivity contribution is -0.213. The minimum absolute atomic E-state index is 0.0548. The Morgan fingerprint density at radius 3 is 2.00 bits per heavy atom. The van der Waals surface area contributed by atoms with E-state index in [4.69, 9.17) is 9.99 Å². The molecule has 1 N–H and O–H groups in total. The predicted octanol–water partition coefficient (Wildman–Crippen LogP) is 2.83. The van der Waals surface area contributed by atoms with Crippen LogP contribution in [0.25, 0.3) is 0 Å². The summed E-state index contributed by atoms with van der Waals surface area (Å²) in [6.07, 6.45) is -0.371. The van der Waals surface area contributed by atoms with Crippen LogP contribution in [0.4, 0.5) is 4.79 Å². The van der Waals surface area contributed by atoms with Crippen LogP contribution in [0.2, 0.25) is 0 Å². The van der Waals surface area contributed by atoms with Crippen molar-refractivity contribution in [2.24, 2.45) is 5.41 Å². The maximum Gasteiger partial charge on any atom is 0.540 e. The lowest BCUT2D eigenvalue weighted by Crippen LogP contribution is -2.32. The fourth-order valence-corrected chi connectivity index (χ4v) is 1.56. The zero-order valence-electron chi connectivity index (χ0n) is 8.88. The number of ether oxygens (including phenoxy) is 1. The van der Waals surface area contributed by atoms with Gasteiger partial charge < -0.3 is 4.74 Å². The van der Waals surface area contributed by atoms with Gasteiger partial charge in [-0.1, -0.05) is 20.8 Å². The van der Waals surface area contributed by atoms with Crippen molar-refractivity contribution in [2.45, 2.75) is 46.6 Å². The predicted molar refractivity (Wildman–Crippen MR) is 48.3 cm³/mol. The monoisotopic (exact) mass is 190 g/mol. The van der Waals surface area contributed by atoms with E-state index in [1.54, 1.807) is 13.8 Å². The molecule has 0 radical (unpaired) electrons. The highest BCUT2D eigenvalue weighted by Crippen LogP contribution is 2.29. The number of carbonyl (C=O) groups excluding carboxylic acids is 1. The second kappa shape index (κ2) is 3.96. The molecule has 0 bridgehead atoms. The van der Waals surface area contributed by atoms with Crippen LogP contribution < -0.4 is 0 Å². The second-order valence-corrected chi connectivity index (χ2v) is 4.94. The van der Waals surface area contributed by atoms with Crippen molar-refractivity contribution in [3.63, 3.8) is 0 Å². The smallest absolute Gasteiger partial charge is 0.426 e. The van der Waals surface area contributed by atoms with E-state index < -0.39 is 11.8 Å². The quantitative estimate of drug-likeness (QED) is 0.413. The number of rotatable bonds is 2. The van der Waals surface area contributed by atoms with Crippen molar-refractivity contribution in [1.82, 2.24) is 0 Å². The van der Waals surface area contributed by atoms with Crippen LogP contribution in [-0.2, 0) is 9.62 Å². The maximum atomic E-state index is 10.6. The fraction of sp³-hybridized carbons (Fsp3) is 0.889. The van der Waals surface area contributed by atoms with Crippen molar-refractivity contribution in [3.05, 3.63) is 0 Å². The summed E-state index contributed by atoms with van der Waals surface area (Å²) in [6.45, 7) is 9.68. The van der Waals surface area contributed by atoms with E-state index in [2.05, 4.69) is 4.89 Å². The minimum atomic E-state index is -1.06. The second-order valence-electron chi connectivity index (χ2n) is 4.94. The Kier molecular flexibility index (Phi) is 3.72. The van der Waals surface area contributed by atoms with E-state index in [1.807, 2.05) is 20.8 Å². The number of hydrogen-bond donors (Lipinski definition) is 1. The molecule has 0 aromatic rings. The largest absolute Gasteiger partial charge is 0.540 e. The first kappa shape index (κ1) is 12.2. The normalized spacial score (nSPS) is 12.5. The van der Waals surface area contributed by atoms with E-state index in [9.17, 15) is 4.79 Å². The molecule has 0 aliphatic rings. The van der Waals surface area contributed by atoms with Crippen LogP contribution >= 0.6 is 0 Å². The lowest BCUT2D eigenvalue weighted by Gasteiger charge is -2.30. The third-order valence-corrected chi connectivity index (χ3v) is 1.39. The summed E-state index contributed by atoms with van der Waals surface area (Å²) in [5.41, 5.74) is -0.572.